The molecule has 6 nitrogen and oxygen atoms in total. The minimum absolute atomic E-state index is 0.403. The number of benzene rings is 1. The molecule has 0 saturated carbocycles. The Hall–Kier alpha value is -1.96. The molecule has 2 rings (SSSR count). The van der Waals surface area contributed by atoms with Crippen LogP contribution in [0, 0.1) is 0 Å². The topological polar surface area (TPSA) is 97.5 Å². The van der Waals surface area contributed by atoms with Crippen LogP contribution in [0.4, 0.5) is 5.69 Å². The normalized spacial score (nSPS) is 10.0. The zero-order chi connectivity index (χ0) is 17.2. The maximum Gasteiger partial charge on any atom is 0.221 e. The van der Waals surface area contributed by atoms with E-state index < -0.39 is 0 Å². The second-order valence-corrected chi connectivity index (χ2v) is 6.10. The summed E-state index contributed by atoms with van der Waals surface area (Å²) < 4.78 is 5.39. The third-order valence-corrected chi connectivity index (χ3v) is 4.20. The molecular weight excluding hydrogens is 312 g/mol. The van der Waals surface area contributed by atoms with Crippen molar-refractivity contribution in [1.29, 1.82) is 0 Å². The van der Waals surface area contributed by atoms with Gasteiger partial charge in [-0.15, -0.1) is 11.8 Å². The molecule has 5 N–H and O–H groups in total. The van der Waals surface area contributed by atoms with Gasteiger partial charge in [-0.05, 0) is 29.7 Å². The van der Waals surface area contributed by atoms with Crippen molar-refractivity contribution in [1.82, 2.24) is 5.43 Å². The Morgan fingerprint density at radius 1 is 1.35 bits per heavy atom. The number of rotatable bonds is 6. The highest BCUT2D eigenvalue weighted by Gasteiger charge is 2.14. The summed E-state index contributed by atoms with van der Waals surface area (Å²) >= 11 is 1.77. The van der Waals surface area contributed by atoms with Gasteiger partial charge in [0.2, 0.25) is 6.41 Å². The van der Waals surface area contributed by atoms with Crippen molar-refractivity contribution in [2.24, 2.45) is 11.7 Å². The van der Waals surface area contributed by atoms with Crippen molar-refractivity contribution < 1.29 is 9.21 Å². The molecule has 7 heteroatoms. The van der Waals surface area contributed by atoms with Crippen molar-refractivity contribution in [2.75, 3.05) is 12.1 Å². The molecule has 0 unspecified atom stereocenters. The highest BCUT2D eigenvalue weighted by Crippen LogP contribution is 2.37. The van der Waals surface area contributed by atoms with Gasteiger partial charge in [0.1, 0.15) is 5.76 Å². The van der Waals surface area contributed by atoms with Crippen LogP contribution < -0.4 is 22.1 Å². The first-order valence-corrected chi connectivity index (χ1v) is 8.16. The largest absolute Gasteiger partial charge is 0.468 e. The van der Waals surface area contributed by atoms with Gasteiger partial charge < -0.3 is 9.43 Å². The number of nitrogens with zero attached hydrogens (tertiary/aromatic N) is 1. The lowest BCUT2D eigenvalue weighted by Gasteiger charge is -2.21. The van der Waals surface area contributed by atoms with Gasteiger partial charge >= 0.3 is 0 Å². The molecule has 0 spiro atoms. The Labute approximate surface area is 141 Å². The first kappa shape index (κ1) is 19.1. The van der Waals surface area contributed by atoms with E-state index in [0.29, 0.717) is 12.3 Å². The van der Waals surface area contributed by atoms with Gasteiger partial charge in [-0.1, -0.05) is 26.0 Å². The van der Waals surface area contributed by atoms with Gasteiger partial charge in [0.15, 0.2) is 0 Å². The number of hydrogen-bond acceptors (Lipinski definition) is 6. The number of carbonyl (C=O) groups is 1. The molecule has 0 aliphatic carbocycles. The molecule has 0 fully saturated rings. The van der Waals surface area contributed by atoms with E-state index in [1.165, 1.54) is 10.5 Å². The molecular formula is C16H24N4O2S. The summed E-state index contributed by atoms with van der Waals surface area (Å²) in [5, 5.41) is 1.68. The van der Waals surface area contributed by atoms with Crippen LogP contribution in [0.25, 0.3) is 0 Å². The van der Waals surface area contributed by atoms with Crippen molar-refractivity contribution in [3.8, 4) is 0 Å². The predicted octanol–water partition coefficient (Wildman–Crippen LogP) is 2.61. The Morgan fingerprint density at radius 2 is 2.04 bits per heavy atom. The van der Waals surface area contributed by atoms with Crippen LogP contribution in [0.15, 0.2) is 45.9 Å². The number of furan rings is 1. The van der Waals surface area contributed by atoms with E-state index in [1.54, 1.807) is 28.5 Å². The quantitative estimate of drug-likeness (QED) is 0.247. The maximum absolute atomic E-state index is 8.94. The second kappa shape index (κ2) is 9.94. The van der Waals surface area contributed by atoms with E-state index in [0.717, 1.165) is 17.2 Å². The van der Waals surface area contributed by atoms with Gasteiger partial charge in [-0.25, -0.2) is 11.7 Å². The minimum atomic E-state index is 0.403. The van der Waals surface area contributed by atoms with Gasteiger partial charge in [-0.3, -0.25) is 10.2 Å². The standard InChI is InChI=1S/C15H20N2OS.CH4N2O/c1-11(2)13-7-4-8-14(17(3)16)15(13)19-10-12-6-5-9-18-12;2-3-1-4/h4-9,11H,10,16H2,1-3H3;1H,2H2,(H,3,4). The number of nitrogens with two attached hydrogens (primary N) is 2. The van der Waals surface area contributed by atoms with Gasteiger partial charge in [0, 0.05) is 11.9 Å². The van der Waals surface area contributed by atoms with Gasteiger partial charge in [-0.2, -0.15) is 0 Å². The summed E-state index contributed by atoms with van der Waals surface area (Å²) in [5.41, 5.74) is 4.13. The Morgan fingerprint density at radius 3 is 2.52 bits per heavy atom. The number of thioether (sulfide) groups is 1. The fraction of sp³-hybridized carbons (Fsp3) is 0.312. The summed E-state index contributed by atoms with van der Waals surface area (Å²) in [4.78, 5) is 10.2. The van der Waals surface area contributed by atoms with Crippen LogP contribution >= 0.6 is 11.8 Å². The number of amides is 1. The molecule has 0 aliphatic heterocycles. The van der Waals surface area contributed by atoms with Crippen LogP contribution in [-0.2, 0) is 10.5 Å². The van der Waals surface area contributed by atoms with Crippen LogP contribution in [0.2, 0.25) is 0 Å². The summed E-state index contributed by atoms with van der Waals surface area (Å²) in [7, 11) is 1.87. The fourth-order valence-corrected chi connectivity index (χ4v) is 3.25. The van der Waals surface area contributed by atoms with E-state index in [-0.39, 0.29) is 0 Å². The molecule has 1 aromatic carbocycles. The van der Waals surface area contributed by atoms with E-state index in [2.05, 4.69) is 37.9 Å². The fourth-order valence-electron chi connectivity index (χ4n) is 1.97. The molecule has 0 saturated heterocycles. The van der Waals surface area contributed by atoms with Crippen LogP contribution in [0.3, 0.4) is 0 Å². The highest BCUT2D eigenvalue weighted by atomic mass is 32.2. The minimum Gasteiger partial charge on any atom is -0.468 e. The molecule has 23 heavy (non-hydrogen) atoms. The lowest BCUT2D eigenvalue weighted by molar-refractivity contribution is -0.109. The van der Waals surface area contributed by atoms with Crippen molar-refractivity contribution in [2.45, 2.75) is 30.4 Å². The Bertz CT molecular complexity index is 560. The number of carbonyl (C=O) groups excluding carboxylic acids is 1. The van der Waals surface area contributed by atoms with E-state index in [9.17, 15) is 0 Å². The first-order chi connectivity index (χ1) is 11.0. The SMILES string of the molecule is CC(C)c1cccc(N(C)N)c1SCc1ccco1.NNC=O. The maximum atomic E-state index is 8.94. The molecule has 0 aliphatic rings. The summed E-state index contributed by atoms with van der Waals surface area (Å²) in [6, 6.07) is 10.2. The molecule has 1 heterocycles. The van der Waals surface area contributed by atoms with Crippen molar-refractivity contribution >= 4 is 23.9 Å². The Balaban J connectivity index is 0.000000593. The third kappa shape index (κ3) is 5.97. The van der Waals surface area contributed by atoms with Gasteiger partial charge in [0.05, 0.1) is 17.7 Å². The average Bonchev–Trinajstić information content (AvgIpc) is 3.06. The van der Waals surface area contributed by atoms with E-state index in [4.69, 9.17) is 15.1 Å². The smallest absolute Gasteiger partial charge is 0.221 e. The van der Waals surface area contributed by atoms with Crippen LogP contribution in [0.5, 0.6) is 0 Å². The summed E-state index contributed by atoms with van der Waals surface area (Å²) in [5.74, 6) is 12.6. The van der Waals surface area contributed by atoms with Crippen molar-refractivity contribution in [3.63, 3.8) is 0 Å². The third-order valence-electron chi connectivity index (χ3n) is 3.03. The van der Waals surface area contributed by atoms with Crippen LogP contribution in [0.1, 0.15) is 31.1 Å². The van der Waals surface area contributed by atoms with E-state index in [1.807, 2.05) is 19.2 Å². The second-order valence-electron chi connectivity index (χ2n) is 5.11. The number of hydrogen-bond donors (Lipinski definition) is 3. The lowest BCUT2D eigenvalue weighted by Crippen LogP contribution is -2.26. The highest BCUT2D eigenvalue weighted by molar-refractivity contribution is 7.98. The molecule has 2 aromatic rings. The molecule has 1 amide bonds. The molecule has 0 bridgehead atoms. The molecule has 1 aromatic heterocycles. The Kier molecular flexibility index (Phi) is 8.25. The first-order valence-electron chi connectivity index (χ1n) is 7.17. The summed E-state index contributed by atoms with van der Waals surface area (Å²) in [6.07, 6.45) is 2.11. The summed E-state index contributed by atoms with van der Waals surface area (Å²) in [6.45, 7) is 4.40. The zero-order valence-corrected chi connectivity index (χ0v) is 14.5. The molecule has 126 valence electrons. The van der Waals surface area contributed by atoms with Crippen molar-refractivity contribution in [3.05, 3.63) is 47.9 Å². The number of hydrazine groups is 2. The lowest BCUT2D eigenvalue weighted by atomic mass is 10.0. The molecule has 0 atom stereocenters. The van der Waals surface area contributed by atoms with Gasteiger partial charge in [0.25, 0.3) is 0 Å². The molecule has 0 radical (unpaired) electrons. The monoisotopic (exact) mass is 336 g/mol. The zero-order valence-electron chi connectivity index (χ0n) is 13.7. The number of anilines is 1. The average molecular weight is 336 g/mol. The van der Waals surface area contributed by atoms with Crippen LogP contribution in [-0.4, -0.2) is 13.5 Å². The predicted molar refractivity (Wildman–Crippen MR) is 94.8 cm³/mol. The number of nitrogens with one attached hydrogen (secondary N) is 1. The van der Waals surface area contributed by atoms with E-state index >= 15 is 0 Å².